The molecule has 0 atom stereocenters. The van der Waals surface area contributed by atoms with Crippen molar-refractivity contribution in [3.63, 3.8) is 0 Å². The molecule has 0 aromatic heterocycles. The van der Waals surface area contributed by atoms with Crippen molar-refractivity contribution in [3.8, 4) is 5.75 Å². The molecule has 1 rings (SSSR count). The Morgan fingerprint density at radius 2 is 2.00 bits per heavy atom. The van der Waals surface area contributed by atoms with Crippen molar-refractivity contribution in [2.75, 3.05) is 3.53 Å². The highest BCUT2D eigenvalue weighted by Gasteiger charge is 1.92. The molecule has 0 heterocycles. The van der Waals surface area contributed by atoms with Crippen LogP contribution in [0.5, 0.6) is 5.75 Å². The third kappa shape index (κ3) is 1.48. The minimum absolute atomic E-state index is 0.284. The van der Waals surface area contributed by atoms with Gasteiger partial charge in [0.15, 0.2) is 0 Å². The Morgan fingerprint density at radius 1 is 1.33 bits per heavy atom. The third-order valence-electron chi connectivity index (χ3n) is 1.01. The molecule has 0 fully saturated rings. The Bertz CT molecular complexity index is 202. The summed E-state index contributed by atoms with van der Waals surface area (Å²) >= 11 is 1.97. The molecule has 0 aliphatic heterocycles. The number of phenolic OH excluding ortho intramolecular Hbond substituents is 1. The first-order chi connectivity index (χ1) is 4.34. The van der Waals surface area contributed by atoms with E-state index in [1.54, 1.807) is 12.1 Å². The first kappa shape index (κ1) is 6.67. The van der Waals surface area contributed by atoms with Crippen molar-refractivity contribution in [2.24, 2.45) is 0 Å². The van der Waals surface area contributed by atoms with Crippen LogP contribution in [-0.4, -0.2) is 5.11 Å². The molecule has 9 heavy (non-hydrogen) atoms. The molecule has 0 aliphatic rings. The largest absolute Gasteiger partial charge is 0.506 e. The van der Waals surface area contributed by atoms with Crippen LogP contribution in [0.1, 0.15) is 0 Å². The lowest BCUT2D eigenvalue weighted by atomic mass is 10.3. The van der Waals surface area contributed by atoms with E-state index in [-0.39, 0.29) is 5.75 Å². The smallest absolute Gasteiger partial charge is 0.139 e. The SMILES string of the molecule is Oc1ccccc1NI. The number of para-hydroxylation sites is 2. The van der Waals surface area contributed by atoms with Crippen molar-refractivity contribution in [2.45, 2.75) is 0 Å². The normalized spacial score (nSPS) is 9.00. The Labute approximate surface area is 67.4 Å². The van der Waals surface area contributed by atoms with E-state index in [1.807, 2.05) is 35.0 Å². The fourth-order valence-electron chi connectivity index (χ4n) is 0.554. The highest BCUT2D eigenvalue weighted by molar-refractivity contribution is 14.1. The van der Waals surface area contributed by atoms with Gasteiger partial charge in [0, 0.05) is 0 Å². The van der Waals surface area contributed by atoms with Crippen LogP contribution < -0.4 is 3.53 Å². The lowest BCUT2D eigenvalue weighted by Crippen LogP contribution is -1.77. The van der Waals surface area contributed by atoms with Gasteiger partial charge in [0.25, 0.3) is 0 Å². The van der Waals surface area contributed by atoms with Gasteiger partial charge in [0.05, 0.1) is 28.6 Å². The van der Waals surface area contributed by atoms with Gasteiger partial charge in [-0.3, -0.25) is 0 Å². The van der Waals surface area contributed by atoms with Crippen LogP contribution in [0, 0.1) is 0 Å². The number of aromatic hydroxyl groups is 1. The minimum Gasteiger partial charge on any atom is -0.506 e. The van der Waals surface area contributed by atoms with Gasteiger partial charge in [-0.25, -0.2) is 0 Å². The van der Waals surface area contributed by atoms with Gasteiger partial charge in [-0.2, -0.15) is 0 Å². The van der Waals surface area contributed by atoms with Gasteiger partial charge in [-0.05, 0) is 12.1 Å². The van der Waals surface area contributed by atoms with E-state index in [2.05, 4.69) is 3.53 Å². The van der Waals surface area contributed by atoms with Gasteiger partial charge in [0.2, 0.25) is 0 Å². The first-order valence-corrected chi connectivity index (χ1v) is 3.57. The van der Waals surface area contributed by atoms with Crippen LogP contribution in [0.4, 0.5) is 5.69 Å². The van der Waals surface area contributed by atoms with Crippen molar-refractivity contribution in [3.05, 3.63) is 24.3 Å². The van der Waals surface area contributed by atoms with Gasteiger partial charge in [-0.15, -0.1) is 0 Å². The molecule has 0 aliphatic carbocycles. The molecule has 2 N–H and O–H groups in total. The molecule has 0 unspecified atom stereocenters. The number of anilines is 1. The molecule has 3 heteroatoms. The van der Waals surface area contributed by atoms with E-state index in [9.17, 15) is 0 Å². The number of hydrogen-bond acceptors (Lipinski definition) is 2. The maximum atomic E-state index is 9.04. The van der Waals surface area contributed by atoms with Crippen LogP contribution >= 0.6 is 22.9 Å². The van der Waals surface area contributed by atoms with E-state index in [1.165, 1.54) is 0 Å². The summed E-state index contributed by atoms with van der Waals surface area (Å²) in [6.45, 7) is 0. The average Bonchev–Trinajstić information content (AvgIpc) is 1.89. The molecule has 0 spiro atoms. The topological polar surface area (TPSA) is 32.3 Å². The van der Waals surface area contributed by atoms with Gasteiger partial charge in [0.1, 0.15) is 5.75 Å². The van der Waals surface area contributed by atoms with Crippen LogP contribution in [0.2, 0.25) is 0 Å². The second-order valence-corrected chi connectivity index (χ2v) is 2.15. The zero-order chi connectivity index (χ0) is 6.69. The summed E-state index contributed by atoms with van der Waals surface area (Å²) in [5.41, 5.74) is 0.748. The van der Waals surface area contributed by atoms with Gasteiger partial charge in [-0.1, -0.05) is 12.1 Å². The quantitative estimate of drug-likeness (QED) is 0.444. The summed E-state index contributed by atoms with van der Waals surface area (Å²) in [5, 5.41) is 9.04. The molecule has 48 valence electrons. The van der Waals surface area contributed by atoms with E-state index in [4.69, 9.17) is 5.11 Å². The first-order valence-electron chi connectivity index (χ1n) is 2.49. The Balaban J connectivity index is 3.01. The number of nitrogens with one attached hydrogen (secondary N) is 1. The summed E-state index contributed by atoms with van der Waals surface area (Å²) in [5.74, 6) is 0.284. The minimum atomic E-state index is 0.284. The molecular weight excluding hydrogens is 229 g/mol. The fraction of sp³-hybridized carbons (Fsp3) is 0. The Hall–Kier alpha value is -0.450. The van der Waals surface area contributed by atoms with Crippen molar-refractivity contribution < 1.29 is 5.11 Å². The lowest BCUT2D eigenvalue weighted by molar-refractivity contribution is 0.478. The van der Waals surface area contributed by atoms with Gasteiger partial charge < -0.3 is 8.64 Å². The molecule has 2 nitrogen and oxygen atoms in total. The van der Waals surface area contributed by atoms with Crippen molar-refractivity contribution >= 4 is 28.6 Å². The molecule has 0 saturated heterocycles. The lowest BCUT2D eigenvalue weighted by Gasteiger charge is -1.98. The zero-order valence-electron chi connectivity index (χ0n) is 4.63. The average molecular weight is 235 g/mol. The molecule has 1 aromatic rings. The maximum Gasteiger partial charge on any atom is 0.139 e. The van der Waals surface area contributed by atoms with Gasteiger partial charge >= 0.3 is 0 Å². The van der Waals surface area contributed by atoms with Crippen LogP contribution in [0.25, 0.3) is 0 Å². The highest BCUT2D eigenvalue weighted by atomic mass is 127. The van der Waals surface area contributed by atoms with E-state index in [0.717, 1.165) is 5.69 Å². The number of phenols is 1. The standard InChI is InChI=1S/C6H6INO/c7-8-5-3-1-2-4-6(5)9/h1-4,8-9H. The maximum absolute atomic E-state index is 9.04. The summed E-state index contributed by atoms with van der Waals surface area (Å²) in [7, 11) is 0. The van der Waals surface area contributed by atoms with Crippen molar-refractivity contribution in [1.82, 2.24) is 0 Å². The van der Waals surface area contributed by atoms with E-state index < -0.39 is 0 Å². The predicted octanol–water partition coefficient (Wildman–Crippen LogP) is 2.15. The molecule has 1 aromatic carbocycles. The summed E-state index contributed by atoms with van der Waals surface area (Å²) in [4.78, 5) is 0. The van der Waals surface area contributed by atoms with E-state index in [0.29, 0.717) is 0 Å². The molecular formula is C6H6INO. The number of benzene rings is 1. The van der Waals surface area contributed by atoms with Crippen LogP contribution in [0.3, 0.4) is 0 Å². The molecule has 0 amide bonds. The summed E-state index contributed by atoms with van der Waals surface area (Å²) < 4.78 is 2.82. The fourth-order valence-corrected chi connectivity index (χ4v) is 1.01. The van der Waals surface area contributed by atoms with Crippen LogP contribution in [0.15, 0.2) is 24.3 Å². The number of hydrogen-bond donors (Lipinski definition) is 2. The predicted molar refractivity (Wildman–Crippen MR) is 45.7 cm³/mol. The number of halogens is 1. The monoisotopic (exact) mass is 235 g/mol. The summed E-state index contributed by atoms with van der Waals surface area (Å²) in [6.07, 6.45) is 0. The third-order valence-corrected chi connectivity index (χ3v) is 1.59. The van der Waals surface area contributed by atoms with E-state index >= 15 is 0 Å². The summed E-state index contributed by atoms with van der Waals surface area (Å²) in [6, 6.07) is 7.09. The van der Waals surface area contributed by atoms with Crippen molar-refractivity contribution in [1.29, 1.82) is 0 Å². The number of rotatable bonds is 1. The Morgan fingerprint density at radius 3 is 2.44 bits per heavy atom. The molecule has 0 saturated carbocycles. The Kier molecular flexibility index (Phi) is 2.16. The second-order valence-electron chi connectivity index (χ2n) is 1.61. The second kappa shape index (κ2) is 2.91. The highest BCUT2D eigenvalue weighted by Crippen LogP contribution is 2.22. The molecule has 0 radical (unpaired) electrons. The molecule has 0 bridgehead atoms. The van der Waals surface area contributed by atoms with Crippen LogP contribution in [-0.2, 0) is 0 Å². The zero-order valence-corrected chi connectivity index (χ0v) is 6.79.